The molecule has 6 heterocycles. The topological polar surface area (TPSA) is 180 Å². The fourth-order valence-electron chi connectivity index (χ4n) is 8.00. The van der Waals surface area contributed by atoms with E-state index in [0.717, 1.165) is 70.0 Å². The summed E-state index contributed by atoms with van der Waals surface area (Å²) in [7, 11) is 0. The van der Waals surface area contributed by atoms with Crippen molar-refractivity contribution in [2.24, 2.45) is 5.92 Å². The summed E-state index contributed by atoms with van der Waals surface area (Å²) < 4.78 is 17.3. The van der Waals surface area contributed by atoms with Crippen LogP contribution in [-0.2, 0) is 4.79 Å². The minimum Gasteiger partial charge on any atom is -0.507 e. The minimum atomic E-state index is -0.934. The molecular formula is C38H49N9O6. The monoisotopic (exact) mass is 727 g/mol. The molecule has 53 heavy (non-hydrogen) atoms. The van der Waals surface area contributed by atoms with Crippen LogP contribution in [-0.4, -0.2) is 123 Å². The first-order chi connectivity index (χ1) is 25.6. The van der Waals surface area contributed by atoms with Gasteiger partial charge in [-0.2, -0.15) is 0 Å². The van der Waals surface area contributed by atoms with Gasteiger partial charge in [-0.3, -0.25) is 14.6 Å². The van der Waals surface area contributed by atoms with Crippen LogP contribution in [0, 0.1) is 5.92 Å². The van der Waals surface area contributed by atoms with Crippen molar-refractivity contribution in [3.05, 3.63) is 60.5 Å². The van der Waals surface area contributed by atoms with Crippen LogP contribution in [0.3, 0.4) is 0 Å². The second-order valence-corrected chi connectivity index (χ2v) is 14.6. The number of nitrogens with two attached hydrogens (primary N) is 1. The number of benzene rings is 1. The Labute approximate surface area is 309 Å². The van der Waals surface area contributed by atoms with Gasteiger partial charge in [0.1, 0.15) is 24.9 Å². The van der Waals surface area contributed by atoms with Gasteiger partial charge in [0.05, 0.1) is 11.4 Å². The van der Waals surface area contributed by atoms with E-state index >= 15 is 0 Å². The third kappa shape index (κ3) is 8.10. The molecule has 3 saturated heterocycles. The zero-order valence-corrected chi connectivity index (χ0v) is 30.5. The van der Waals surface area contributed by atoms with Crippen molar-refractivity contribution in [3.63, 3.8) is 0 Å². The van der Waals surface area contributed by atoms with Crippen LogP contribution in [0.15, 0.2) is 59.3 Å². The Morgan fingerprint density at radius 2 is 1.74 bits per heavy atom. The largest absolute Gasteiger partial charge is 0.507 e. The molecule has 2 unspecified atom stereocenters. The number of carboxylic acid groups (broad SMARTS) is 1. The number of ether oxygens (including phenoxy) is 2. The predicted octanol–water partition coefficient (Wildman–Crippen LogP) is 3.96. The quantitative estimate of drug-likeness (QED) is 0.170. The van der Waals surface area contributed by atoms with E-state index in [9.17, 15) is 15.0 Å². The maximum atomic E-state index is 11.6. The van der Waals surface area contributed by atoms with Crippen molar-refractivity contribution in [1.82, 2.24) is 30.1 Å². The molecule has 3 fully saturated rings. The molecule has 3 aromatic heterocycles. The summed E-state index contributed by atoms with van der Waals surface area (Å²) in [4.78, 5) is 25.7. The molecule has 15 nitrogen and oxygen atoms in total. The van der Waals surface area contributed by atoms with Crippen molar-refractivity contribution >= 4 is 23.2 Å². The van der Waals surface area contributed by atoms with E-state index in [1.54, 1.807) is 18.2 Å². The van der Waals surface area contributed by atoms with Crippen LogP contribution < -0.4 is 25.0 Å². The Hall–Kier alpha value is -5.15. The number of hydrogen-bond donors (Lipinski definition) is 3. The molecule has 4 atom stereocenters. The normalized spacial score (nSPS) is 21.2. The summed E-state index contributed by atoms with van der Waals surface area (Å²) in [5.74, 6) is -0.000322. The molecular weight excluding hydrogens is 678 g/mol. The molecule has 2 bridgehead atoms. The first kappa shape index (κ1) is 36.2. The zero-order chi connectivity index (χ0) is 37.1. The number of nitrogens with zero attached hydrogens (tertiary/aromatic N) is 8. The van der Waals surface area contributed by atoms with Crippen molar-refractivity contribution in [3.8, 4) is 28.8 Å². The van der Waals surface area contributed by atoms with Crippen LogP contribution in [0.25, 0.3) is 11.3 Å². The summed E-state index contributed by atoms with van der Waals surface area (Å²) in [5, 5.41) is 32.3. The summed E-state index contributed by atoms with van der Waals surface area (Å²) >= 11 is 0. The third-order valence-electron chi connectivity index (χ3n) is 10.7. The Morgan fingerprint density at radius 1 is 0.981 bits per heavy atom. The van der Waals surface area contributed by atoms with Crippen molar-refractivity contribution < 1.29 is 29.0 Å². The Kier molecular flexibility index (Phi) is 10.8. The van der Waals surface area contributed by atoms with Gasteiger partial charge in [-0.05, 0) is 55.1 Å². The molecule has 0 radical (unpaired) electrons. The van der Waals surface area contributed by atoms with Gasteiger partial charge < -0.3 is 39.7 Å². The number of piperazine rings is 2. The van der Waals surface area contributed by atoms with Gasteiger partial charge in [-0.25, -0.2) is 4.98 Å². The van der Waals surface area contributed by atoms with Gasteiger partial charge in [0.2, 0.25) is 5.88 Å². The third-order valence-corrected chi connectivity index (χ3v) is 10.7. The smallest absolute Gasteiger partial charge is 0.314 e. The van der Waals surface area contributed by atoms with Gasteiger partial charge in [-0.1, -0.05) is 26.0 Å². The van der Waals surface area contributed by atoms with Crippen LogP contribution in [0.1, 0.15) is 45.3 Å². The number of hydrogen-bond acceptors (Lipinski definition) is 14. The van der Waals surface area contributed by atoms with Crippen LogP contribution in [0.2, 0.25) is 0 Å². The van der Waals surface area contributed by atoms with Gasteiger partial charge >= 0.3 is 5.97 Å². The first-order valence-electron chi connectivity index (χ1n) is 18.5. The van der Waals surface area contributed by atoms with Gasteiger partial charge in [-0.15, -0.1) is 10.2 Å². The summed E-state index contributed by atoms with van der Waals surface area (Å²) in [6, 6.07) is 15.7. The highest BCUT2D eigenvalue weighted by Gasteiger charge is 2.41. The SMILES string of the molecule is CC(C)[C@H](C(=O)O)c1cc(OCCN2CCN(CCOc3cc(N4C5CCC4CN(c4cc(-c6ccccc6O)nnc4N)C5)ccn3)[C@H](C)C2)no1. The number of fused-ring (bicyclic) bond motifs is 2. The number of carboxylic acids is 1. The van der Waals surface area contributed by atoms with Crippen molar-refractivity contribution in [2.75, 3.05) is 74.6 Å². The molecule has 0 spiro atoms. The zero-order valence-electron chi connectivity index (χ0n) is 30.5. The highest BCUT2D eigenvalue weighted by molar-refractivity contribution is 5.76. The van der Waals surface area contributed by atoms with Crippen molar-refractivity contribution in [1.29, 1.82) is 0 Å². The summed E-state index contributed by atoms with van der Waals surface area (Å²) in [5.41, 5.74) is 9.53. The predicted molar refractivity (Wildman–Crippen MR) is 199 cm³/mol. The molecule has 0 amide bonds. The maximum Gasteiger partial charge on any atom is 0.314 e. The molecule has 7 rings (SSSR count). The number of anilines is 3. The molecule has 0 saturated carbocycles. The standard InChI is InChI=1S/C38H49N9O6/c1-24(2)36(38(49)50)33-20-35(43-53-33)52-16-14-44-12-13-45(25(3)21-44)15-17-51-34-18-26(10-11-40-34)47-27-8-9-28(47)23-46(22-27)31-19-30(41-42-37(31)39)29-6-4-5-7-32(29)48/h4-7,10-11,18-20,24-25,27-28,36,48H,8-9,12-17,21-23H2,1-3H3,(H2,39,42)(H,49,50)/t25-,27?,28?,36+/m1/s1. The number of pyridine rings is 1. The number of aliphatic carboxylic acids is 1. The Morgan fingerprint density at radius 3 is 2.47 bits per heavy atom. The average molecular weight is 728 g/mol. The van der Waals surface area contributed by atoms with E-state index < -0.39 is 11.9 Å². The van der Waals surface area contributed by atoms with E-state index in [-0.39, 0.29) is 11.7 Å². The number of aromatic nitrogens is 4. The minimum absolute atomic E-state index is 0.119. The van der Waals surface area contributed by atoms with E-state index in [2.05, 4.69) is 59.0 Å². The average Bonchev–Trinajstić information content (AvgIpc) is 3.70. The van der Waals surface area contributed by atoms with Crippen LogP contribution in [0.5, 0.6) is 17.5 Å². The lowest BCUT2D eigenvalue weighted by Gasteiger charge is -2.43. The van der Waals surface area contributed by atoms with Crippen LogP contribution >= 0.6 is 0 Å². The number of nitrogen functional groups attached to an aromatic ring is 1. The first-order valence-corrected chi connectivity index (χ1v) is 18.5. The lowest BCUT2D eigenvalue weighted by Crippen LogP contribution is -2.54. The molecule has 282 valence electrons. The fourth-order valence-corrected chi connectivity index (χ4v) is 8.00. The van der Waals surface area contributed by atoms with E-state index in [1.807, 2.05) is 38.2 Å². The highest BCUT2D eigenvalue weighted by Crippen LogP contribution is 2.39. The number of phenols is 1. The fraction of sp³-hybridized carbons (Fsp3) is 0.500. The molecule has 1 aromatic carbocycles. The summed E-state index contributed by atoms with van der Waals surface area (Å²) in [6.07, 6.45) is 3.98. The number of para-hydroxylation sites is 1. The number of phenolic OH excluding ortho intramolecular Hbond substituents is 1. The van der Waals surface area contributed by atoms with E-state index in [4.69, 9.17) is 19.7 Å². The lowest BCUT2D eigenvalue weighted by molar-refractivity contribution is -0.140. The Balaban J connectivity index is 0.875. The molecule has 4 aromatic rings. The maximum absolute atomic E-state index is 11.6. The van der Waals surface area contributed by atoms with Crippen molar-refractivity contribution in [2.45, 2.75) is 57.7 Å². The summed E-state index contributed by atoms with van der Waals surface area (Å²) in [6.45, 7) is 12.8. The molecule has 3 aliphatic rings. The molecule has 3 aliphatic heterocycles. The van der Waals surface area contributed by atoms with Gasteiger partial charge in [0.25, 0.3) is 5.88 Å². The lowest BCUT2D eigenvalue weighted by atomic mass is 9.94. The van der Waals surface area contributed by atoms with Gasteiger partial charge in [0.15, 0.2) is 11.6 Å². The highest BCUT2D eigenvalue weighted by atomic mass is 16.5. The van der Waals surface area contributed by atoms with E-state index in [0.29, 0.717) is 65.9 Å². The molecule has 4 N–H and O–H groups in total. The number of rotatable bonds is 14. The second kappa shape index (κ2) is 15.8. The number of carbonyl (C=O) groups is 1. The van der Waals surface area contributed by atoms with Gasteiger partial charge in [0, 0.05) is 93.5 Å². The van der Waals surface area contributed by atoms with Crippen LogP contribution in [0.4, 0.5) is 17.2 Å². The molecule has 0 aliphatic carbocycles. The Bertz CT molecular complexity index is 1860. The molecule has 15 heteroatoms. The number of aromatic hydroxyl groups is 1. The second-order valence-electron chi connectivity index (χ2n) is 14.6. The van der Waals surface area contributed by atoms with E-state index in [1.165, 1.54) is 0 Å².